The number of carbonyl (C=O) groups is 1. The number of aliphatic hydroxyl groups is 1. The van der Waals surface area contributed by atoms with Crippen molar-refractivity contribution in [3.05, 3.63) is 0 Å². The molecule has 1 aliphatic rings. The Labute approximate surface area is 97.6 Å². The standard InChI is InChI=1S/C12H23NO3/c1-10(14)11-6-3-4-8-13(11)9-5-7-12(15)16-2/h10-11,14H,3-9H2,1-2H3. The number of aliphatic hydroxyl groups excluding tert-OH is 1. The summed E-state index contributed by atoms with van der Waals surface area (Å²) in [5.41, 5.74) is 0. The van der Waals surface area contributed by atoms with Crippen LogP contribution in [-0.4, -0.2) is 48.3 Å². The van der Waals surface area contributed by atoms with Gasteiger partial charge in [0.2, 0.25) is 0 Å². The maximum Gasteiger partial charge on any atom is 0.305 e. The average Bonchev–Trinajstić information content (AvgIpc) is 2.29. The molecule has 16 heavy (non-hydrogen) atoms. The molecule has 1 saturated heterocycles. The lowest BCUT2D eigenvalue weighted by molar-refractivity contribution is -0.140. The van der Waals surface area contributed by atoms with Crippen LogP contribution in [0.1, 0.15) is 39.0 Å². The SMILES string of the molecule is COC(=O)CCCN1CCCCC1C(C)O. The normalized spacial score (nSPS) is 24.1. The summed E-state index contributed by atoms with van der Waals surface area (Å²) in [5, 5.41) is 9.67. The Hall–Kier alpha value is -0.610. The van der Waals surface area contributed by atoms with E-state index in [2.05, 4.69) is 9.64 Å². The second kappa shape index (κ2) is 6.86. The second-order valence-corrected chi connectivity index (χ2v) is 4.52. The molecule has 0 aromatic heterocycles. The minimum absolute atomic E-state index is 0.148. The zero-order chi connectivity index (χ0) is 12.0. The zero-order valence-corrected chi connectivity index (χ0v) is 10.3. The molecule has 1 heterocycles. The van der Waals surface area contributed by atoms with Crippen molar-refractivity contribution < 1.29 is 14.6 Å². The average molecular weight is 229 g/mol. The van der Waals surface area contributed by atoms with Crippen LogP contribution in [0.5, 0.6) is 0 Å². The zero-order valence-electron chi connectivity index (χ0n) is 10.3. The molecule has 1 fully saturated rings. The van der Waals surface area contributed by atoms with Crippen molar-refractivity contribution in [1.82, 2.24) is 4.90 Å². The van der Waals surface area contributed by atoms with Gasteiger partial charge in [0.25, 0.3) is 0 Å². The van der Waals surface area contributed by atoms with Gasteiger partial charge in [0.1, 0.15) is 0 Å². The Kier molecular flexibility index (Phi) is 5.77. The molecule has 0 aromatic carbocycles. The number of carbonyl (C=O) groups excluding carboxylic acids is 1. The lowest BCUT2D eigenvalue weighted by Gasteiger charge is -2.37. The minimum atomic E-state index is -0.279. The Morgan fingerprint density at radius 2 is 2.31 bits per heavy atom. The molecule has 0 aromatic rings. The second-order valence-electron chi connectivity index (χ2n) is 4.52. The Morgan fingerprint density at radius 1 is 1.56 bits per heavy atom. The van der Waals surface area contributed by atoms with Crippen LogP contribution in [0, 0.1) is 0 Å². The van der Waals surface area contributed by atoms with Gasteiger partial charge in [-0.1, -0.05) is 6.42 Å². The third-order valence-corrected chi connectivity index (χ3v) is 3.27. The molecule has 94 valence electrons. The number of piperidine rings is 1. The van der Waals surface area contributed by atoms with Gasteiger partial charge < -0.3 is 9.84 Å². The molecule has 0 spiro atoms. The van der Waals surface area contributed by atoms with Crippen LogP contribution in [0.2, 0.25) is 0 Å². The molecule has 2 atom stereocenters. The Balaban J connectivity index is 2.30. The molecule has 0 radical (unpaired) electrons. The number of esters is 1. The number of hydrogen-bond acceptors (Lipinski definition) is 4. The van der Waals surface area contributed by atoms with E-state index in [4.69, 9.17) is 0 Å². The molecular formula is C12H23NO3. The maximum atomic E-state index is 11.0. The Morgan fingerprint density at radius 3 is 2.94 bits per heavy atom. The summed E-state index contributed by atoms with van der Waals surface area (Å²) in [6.45, 7) is 3.77. The van der Waals surface area contributed by atoms with E-state index in [0.717, 1.165) is 25.9 Å². The molecule has 1 N–H and O–H groups in total. The van der Waals surface area contributed by atoms with E-state index in [0.29, 0.717) is 6.42 Å². The van der Waals surface area contributed by atoms with E-state index in [-0.39, 0.29) is 18.1 Å². The van der Waals surface area contributed by atoms with Crippen LogP contribution in [0.4, 0.5) is 0 Å². The van der Waals surface area contributed by atoms with Crippen molar-refractivity contribution in [3.8, 4) is 0 Å². The third kappa shape index (κ3) is 4.10. The molecule has 1 aliphatic heterocycles. The highest BCUT2D eigenvalue weighted by molar-refractivity contribution is 5.69. The van der Waals surface area contributed by atoms with Crippen molar-refractivity contribution in [3.63, 3.8) is 0 Å². The maximum absolute atomic E-state index is 11.0. The predicted molar refractivity (Wildman–Crippen MR) is 62.1 cm³/mol. The quantitative estimate of drug-likeness (QED) is 0.719. The topological polar surface area (TPSA) is 49.8 Å². The summed E-state index contributed by atoms with van der Waals surface area (Å²) in [4.78, 5) is 13.3. The highest BCUT2D eigenvalue weighted by atomic mass is 16.5. The van der Waals surface area contributed by atoms with Gasteiger partial charge >= 0.3 is 5.97 Å². The molecule has 1 rings (SSSR count). The molecular weight excluding hydrogens is 206 g/mol. The lowest BCUT2D eigenvalue weighted by Crippen LogP contribution is -2.46. The number of likely N-dealkylation sites (tertiary alicyclic amines) is 1. The van der Waals surface area contributed by atoms with Gasteiger partial charge in [-0.05, 0) is 39.3 Å². The van der Waals surface area contributed by atoms with Crippen molar-refractivity contribution >= 4 is 5.97 Å². The van der Waals surface area contributed by atoms with Crippen molar-refractivity contribution in [2.75, 3.05) is 20.2 Å². The van der Waals surface area contributed by atoms with Crippen LogP contribution >= 0.6 is 0 Å². The summed E-state index contributed by atoms with van der Waals surface area (Å²) in [6.07, 6.45) is 4.47. The summed E-state index contributed by atoms with van der Waals surface area (Å²) in [6, 6.07) is 0.270. The highest BCUT2D eigenvalue weighted by Gasteiger charge is 2.25. The van der Waals surface area contributed by atoms with Gasteiger partial charge in [-0.3, -0.25) is 9.69 Å². The third-order valence-electron chi connectivity index (χ3n) is 3.27. The number of methoxy groups -OCH3 is 1. The summed E-state index contributed by atoms with van der Waals surface area (Å²) < 4.78 is 4.61. The van der Waals surface area contributed by atoms with Crippen LogP contribution in [0.25, 0.3) is 0 Å². The predicted octanol–water partition coefficient (Wildman–Crippen LogP) is 1.17. The van der Waals surface area contributed by atoms with Crippen molar-refractivity contribution in [1.29, 1.82) is 0 Å². The van der Waals surface area contributed by atoms with E-state index < -0.39 is 0 Å². The molecule has 0 bridgehead atoms. The van der Waals surface area contributed by atoms with E-state index in [1.165, 1.54) is 20.0 Å². The van der Waals surface area contributed by atoms with Crippen molar-refractivity contribution in [2.24, 2.45) is 0 Å². The van der Waals surface area contributed by atoms with E-state index in [9.17, 15) is 9.90 Å². The van der Waals surface area contributed by atoms with Gasteiger partial charge in [0.05, 0.1) is 13.2 Å². The van der Waals surface area contributed by atoms with Crippen molar-refractivity contribution in [2.45, 2.75) is 51.2 Å². The first-order valence-corrected chi connectivity index (χ1v) is 6.14. The number of rotatable bonds is 5. The van der Waals surface area contributed by atoms with Gasteiger partial charge in [-0.25, -0.2) is 0 Å². The number of nitrogens with zero attached hydrogens (tertiary/aromatic N) is 1. The van der Waals surface area contributed by atoms with Gasteiger partial charge in [0.15, 0.2) is 0 Å². The first-order valence-electron chi connectivity index (χ1n) is 6.14. The van der Waals surface area contributed by atoms with Crippen LogP contribution < -0.4 is 0 Å². The molecule has 4 nitrogen and oxygen atoms in total. The lowest BCUT2D eigenvalue weighted by atomic mass is 9.98. The number of ether oxygens (including phenoxy) is 1. The van der Waals surface area contributed by atoms with Gasteiger partial charge in [-0.15, -0.1) is 0 Å². The fourth-order valence-electron chi connectivity index (χ4n) is 2.37. The minimum Gasteiger partial charge on any atom is -0.469 e. The monoisotopic (exact) mass is 229 g/mol. The van der Waals surface area contributed by atoms with Gasteiger partial charge in [-0.2, -0.15) is 0 Å². The molecule has 0 amide bonds. The first kappa shape index (κ1) is 13.5. The summed E-state index contributed by atoms with van der Waals surface area (Å²) in [7, 11) is 1.42. The number of hydrogen-bond donors (Lipinski definition) is 1. The molecule has 0 aliphatic carbocycles. The van der Waals surface area contributed by atoms with E-state index in [1.54, 1.807) is 0 Å². The summed E-state index contributed by atoms with van der Waals surface area (Å²) in [5.74, 6) is -0.148. The molecule has 0 saturated carbocycles. The van der Waals surface area contributed by atoms with Gasteiger partial charge in [0, 0.05) is 12.5 Å². The van der Waals surface area contributed by atoms with Crippen LogP contribution in [-0.2, 0) is 9.53 Å². The molecule has 4 heteroatoms. The highest BCUT2D eigenvalue weighted by Crippen LogP contribution is 2.20. The smallest absolute Gasteiger partial charge is 0.305 e. The van der Waals surface area contributed by atoms with E-state index in [1.807, 2.05) is 6.92 Å². The fraction of sp³-hybridized carbons (Fsp3) is 0.917. The largest absolute Gasteiger partial charge is 0.469 e. The first-order chi connectivity index (χ1) is 7.65. The van der Waals surface area contributed by atoms with Crippen LogP contribution in [0.3, 0.4) is 0 Å². The Bertz CT molecular complexity index is 218. The van der Waals surface area contributed by atoms with E-state index >= 15 is 0 Å². The van der Waals surface area contributed by atoms with Crippen LogP contribution in [0.15, 0.2) is 0 Å². The fourth-order valence-corrected chi connectivity index (χ4v) is 2.37. The summed E-state index contributed by atoms with van der Waals surface area (Å²) >= 11 is 0. The molecule has 2 unspecified atom stereocenters.